The molecule has 3 N–H and O–H groups in total. The monoisotopic (exact) mass is 497 g/mol. The summed E-state index contributed by atoms with van der Waals surface area (Å²) < 4.78 is 15.7. The Hall–Kier alpha value is -4.26. The van der Waals surface area contributed by atoms with Gasteiger partial charge in [-0.2, -0.15) is 0 Å². The number of carbonyl (C=O) groups is 3. The molecule has 0 radical (unpaired) electrons. The first kappa shape index (κ1) is 26.3. The molecule has 3 aromatic rings. The van der Waals surface area contributed by atoms with E-state index in [0.717, 1.165) is 0 Å². The van der Waals surface area contributed by atoms with Gasteiger partial charge >= 0.3 is 17.9 Å². The second kappa shape index (κ2) is 13.0. The van der Waals surface area contributed by atoms with Gasteiger partial charge in [-0.1, -0.05) is 0 Å². The molecule has 12 heteroatoms. The summed E-state index contributed by atoms with van der Waals surface area (Å²) in [5, 5.41) is 30.7. The molecular weight excluding hydrogens is 474 g/mol. The number of carbonyl (C=O) groups excluding carboxylic acids is 3. The number of nitrogens with zero attached hydrogens (tertiary/aromatic N) is 3. The summed E-state index contributed by atoms with van der Waals surface area (Å²) in [4.78, 5) is 49.0. The fraction of sp³-hybridized carbons (Fsp3) is 0.250. The summed E-state index contributed by atoms with van der Waals surface area (Å²) in [6.45, 7) is -1.58. The van der Waals surface area contributed by atoms with Gasteiger partial charge in [0.1, 0.15) is 18.8 Å². The molecule has 3 rings (SSSR count). The average molecular weight is 497 g/mol. The lowest BCUT2D eigenvalue weighted by molar-refractivity contribution is -0.131. The lowest BCUT2D eigenvalue weighted by Gasteiger charge is -2.31. The summed E-state index contributed by atoms with van der Waals surface area (Å²) in [5.41, 5.74) is 0.130. The fourth-order valence-corrected chi connectivity index (χ4v) is 2.98. The van der Waals surface area contributed by atoms with Gasteiger partial charge in [0.2, 0.25) is 0 Å². The van der Waals surface area contributed by atoms with Crippen molar-refractivity contribution in [2.24, 2.45) is 0 Å². The van der Waals surface area contributed by atoms with E-state index in [0.29, 0.717) is 0 Å². The van der Waals surface area contributed by atoms with E-state index in [-0.39, 0.29) is 16.7 Å². The highest BCUT2D eigenvalue weighted by atomic mass is 16.6. The van der Waals surface area contributed by atoms with E-state index in [1.54, 1.807) is 0 Å². The predicted molar refractivity (Wildman–Crippen MR) is 120 cm³/mol. The number of hydrogen-bond donors (Lipinski definition) is 3. The maximum atomic E-state index is 12.6. The number of ether oxygens (including phenoxy) is 3. The van der Waals surface area contributed by atoms with E-state index in [2.05, 4.69) is 15.0 Å². The van der Waals surface area contributed by atoms with Crippen molar-refractivity contribution in [3.8, 4) is 0 Å². The molecule has 0 aromatic carbocycles. The molecule has 4 atom stereocenters. The summed E-state index contributed by atoms with van der Waals surface area (Å²) >= 11 is 0. The van der Waals surface area contributed by atoms with E-state index < -0.39 is 55.5 Å². The van der Waals surface area contributed by atoms with Crippen LogP contribution in [0.2, 0.25) is 0 Å². The summed E-state index contributed by atoms with van der Waals surface area (Å²) in [6, 6.07) is 8.70. The number of aliphatic hydroxyl groups excluding tert-OH is 3. The van der Waals surface area contributed by atoms with Gasteiger partial charge in [0, 0.05) is 37.2 Å². The first-order valence-corrected chi connectivity index (χ1v) is 10.7. The highest BCUT2D eigenvalue weighted by molar-refractivity contribution is 5.90. The van der Waals surface area contributed by atoms with Crippen molar-refractivity contribution in [2.75, 3.05) is 13.2 Å². The number of aliphatic hydroxyl groups is 3. The van der Waals surface area contributed by atoms with Crippen molar-refractivity contribution in [3.05, 3.63) is 90.3 Å². The molecule has 0 aliphatic carbocycles. The molecular formula is C24H23N3O9. The molecule has 0 spiro atoms. The molecule has 12 nitrogen and oxygen atoms in total. The molecule has 0 saturated carbocycles. The van der Waals surface area contributed by atoms with Crippen LogP contribution in [0.15, 0.2) is 73.6 Å². The molecule has 0 unspecified atom stereocenters. The second-order valence-electron chi connectivity index (χ2n) is 7.38. The minimum atomic E-state index is -1.92. The number of aromatic nitrogens is 3. The van der Waals surface area contributed by atoms with Crippen LogP contribution in [0.4, 0.5) is 0 Å². The van der Waals surface area contributed by atoms with E-state index in [1.165, 1.54) is 73.6 Å². The predicted octanol–water partition coefficient (Wildman–Crippen LogP) is 0.194. The standard InChI is InChI=1S/C24H23N3O9/c28-13-18(29)21(36-24(33)17-6-3-9-27-12-17)20(30)19(35-23(32)16-5-2-8-26-11-16)14-34-22(31)15-4-1-7-25-10-15/h1-12,18-21,28-30H,13-14H2/t18-,19-,20-,21-/m1/s1. The molecule has 188 valence electrons. The number of hydrogen-bond acceptors (Lipinski definition) is 12. The van der Waals surface area contributed by atoms with Gasteiger partial charge in [-0.25, -0.2) is 14.4 Å². The second-order valence-corrected chi connectivity index (χ2v) is 7.38. The van der Waals surface area contributed by atoms with Crippen LogP contribution in [0.1, 0.15) is 31.1 Å². The van der Waals surface area contributed by atoms with Gasteiger partial charge in [0.25, 0.3) is 0 Å². The smallest absolute Gasteiger partial charge is 0.340 e. The van der Waals surface area contributed by atoms with Crippen LogP contribution in [0.5, 0.6) is 0 Å². The topological polar surface area (TPSA) is 178 Å². The number of pyridine rings is 3. The number of esters is 3. The molecule has 3 aromatic heterocycles. The van der Waals surface area contributed by atoms with E-state index in [4.69, 9.17) is 14.2 Å². The molecule has 0 aliphatic heterocycles. The van der Waals surface area contributed by atoms with Crippen molar-refractivity contribution < 1.29 is 43.9 Å². The molecule has 36 heavy (non-hydrogen) atoms. The SMILES string of the molecule is O=C(OC[C@@H](OC(=O)c1cccnc1)[C@@H](O)[C@H](OC(=O)c1cccnc1)[C@H](O)CO)c1cccnc1. The van der Waals surface area contributed by atoms with Crippen LogP contribution in [-0.4, -0.2) is 85.8 Å². The lowest BCUT2D eigenvalue weighted by atomic mass is 10.0. The van der Waals surface area contributed by atoms with Crippen molar-refractivity contribution in [3.63, 3.8) is 0 Å². The lowest BCUT2D eigenvalue weighted by Crippen LogP contribution is -2.51. The van der Waals surface area contributed by atoms with Gasteiger partial charge in [-0.15, -0.1) is 0 Å². The van der Waals surface area contributed by atoms with E-state index in [9.17, 15) is 29.7 Å². The first-order chi connectivity index (χ1) is 17.4. The Morgan fingerprint density at radius 2 is 1.22 bits per heavy atom. The minimum Gasteiger partial charge on any atom is -0.458 e. The third kappa shape index (κ3) is 7.12. The maximum Gasteiger partial charge on any atom is 0.340 e. The van der Waals surface area contributed by atoms with Crippen LogP contribution in [-0.2, 0) is 14.2 Å². The third-order valence-electron chi connectivity index (χ3n) is 4.86. The maximum absolute atomic E-state index is 12.6. The Balaban J connectivity index is 1.82. The Morgan fingerprint density at radius 3 is 1.67 bits per heavy atom. The molecule has 0 amide bonds. The minimum absolute atomic E-state index is 0.00625. The molecule has 0 fully saturated rings. The summed E-state index contributed by atoms with van der Waals surface area (Å²) in [7, 11) is 0. The van der Waals surface area contributed by atoms with Gasteiger partial charge < -0.3 is 29.5 Å². The fourth-order valence-electron chi connectivity index (χ4n) is 2.98. The Bertz CT molecular complexity index is 1130. The van der Waals surface area contributed by atoms with Gasteiger partial charge in [-0.05, 0) is 36.4 Å². The Labute approximate surface area is 205 Å². The zero-order chi connectivity index (χ0) is 25.9. The van der Waals surface area contributed by atoms with Gasteiger partial charge in [-0.3, -0.25) is 15.0 Å². The van der Waals surface area contributed by atoms with Crippen LogP contribution in [0, 0.1) is 0 Å². The zero-order valence-corrected chi connectivity index (χ0v) is 18.8. The highest BCUT2D eigenvalue weighted by Gasteiger charge is 2.39. The Morgan fingerprint density at radius 1 is 0.750 bits per heavy atom. The third-order valence-corrected chi connectivity index (χ3v) is 4.86. The molecule has 0 bridgehead atoms. The van der Waals surface area contributed by atoms with Gasteiger partial charge in [0.05, 0.1) is 23.3 Å². The zero-order valence-electron chi connectivity index (χ0n) is 18.8. The van der Waals surface area contributed by atoms with Crippen LogP contribution in [0.3, 0.4) is 0 Å². The molecule has 0 saturated heterocycles. The quantitative estimate of drug-likeness (QED) is 0.242. The average Bonchev–Trinajstić information content (AvgIpc) is 2.94. The Kier molecular flexibility index (Phi) is 9.51. The van der Waals surface area contributed by atoms with Crippen molar-refractivity contribution >= 4 is 17.9 Å². The molecule has 0 aliphatic rings. The van der Waals surface area contributed by atoms with Crippen molar-refractivity contribution in [2.45, 2.75) is 24.4 Å². The number of rotatable bonds is 11. The summed E-state index contributed by atoms with van der Waals surface area (Å²) in [6.07, 6.45) is 0.908. The van der Waals surface area contributed by atoms with Crippen LogP contribution in [0.25, 0.3) is 0 Å². The molecule has 3 heterocycles. The van der Waals surface area contributed by atoms with Crippen LogP contribution >= 0.6 is 0 Å². The normalized spacial score (nSPS) is 14.1. The van der Waals surface area contributed by atoms with Crippen LogP contribution < -0.4 is 0 Å². The first-order valence-electron chi connectivity index (χ1n) is 10.7. The summed E-state index contributed by atoms with van der Waals surface area (Å²) in [5.74, 6) is -2.73. The highest BCUT2D eigenvalue weighted by Crippen LogP contribution is 2.17. The van der Waals surface area contributed by atoms with E-state index >= 15 is 0 Å². The van der Waals surface area contributed by atoms with Crippen molar-refractivity contribution in [1.29, 1.82) is 0 Å². The van der Waals surface area contributed by atoms with Gasteiger partial charge in [0.15, 0.2) is 12.2 Å². The van der Waals surface area contributed by atoms with Crippen molar-refractivity contribution in [1.82, 2.24) is 15.0 Å². The van der Waals surface area contributed by atoms with E-state index in [1.807, 2.05) is 0 Å². The largest absolute Gasteiger partial charge is 0.458 e.